The average molecular weight is 428 g/mol. The molecule has 0 radical (unpaired) electrons. The standard InChI is InChI=1S/C25H33NO5/c1-6-30-15-19-10-20-18(12-25(19)31-9-7-8-29-5)11-22(16(2)3)26-14-21(17(4)27)24(28)13-23(20)26/h10,12-14,16,22H,6-9,11,15H2,1-5H3/t22-/m0/s1. The van der Waals surface area contributed by atoms with Crippen molar-refractivity contribution in [2.24, 2.45) is 5.92 Å². The normalized spacial score (nSPS) is 15.0. The van der Waals surface area contributed by atoms with Crippen LogP contribution in [-0.2, 0) is 22.5 Å². The Morgan fingerprint density at radius 1 is 1.23 bits per heavy atom. The molecule has 6 heteroatoms. The van der Waals surface area contributed by atoms with Gasteiger partial charge in [0.2, 0.25) is 0 Å². The lowest BCUT2D eigenvalue weighted by Crippen LogP contribution is -2.28. The van der Waals surface area contributed by atoms with Gasteiger partial charge in [0.15, 0.2) is 11.2 Å². The first kappa shape index (κ1) is 23.2. The third-order valence-electron chi connectivity index (χ3n) is 5.79. The summed E-state index contributed by atoms with van der Waals surface area (Å²) in [6, 6.07) is 5.93. The summed E-state index contributed by atoms with van der Waals surface area (Å²) in [4.78, 5) is 24.6. The summed E-state index contributed by atoms with van der Waals surface area (Å²) in [5, 5.41) is 0. The highest BCUT2D eigenvalue weighted by atomic mass is 16.5. The van der Waals surface area contributed by atoms with Gasteiger partial charge in [-0.05, 0) is 43.9 Å². The van der Waals surface area contributed by atoms with Gasteiger partial charge in [0, 0.05) is 56.2 Å². The summed E-state index contributed by atoms with van der Waals surface area (Å²) < 4.78 is 19.0. The number of fused-ring (bicyclic) bond motifs is 3. The number of carbonyl (C=O) groups excluding carboxylic acids is 1. The van der Waals surface area contributed by atoms with E-state index in [2.05, 4.69) is 30.5 Å². The number of rotatable bonds is 10. The molecule has 31 heavy (non-hydrogen) atoms. The number of Topliss-reactive ketones (excluding diaryl/α,β-unsaturated/α-hetero) is 1. The molecule has 0 N–H and O–H groups in total. The maximum atomic E-state index is 12.7. The molecular weight excluding hydrogens is 394 g/mol. The molecule has 0 amide bonds. The van der Waals surface area contributed by atoms with Crippen LogP contribution in [0.2, 0.25) is 0 Å². The van der Waals surface area contributed by atoms with Crippen LogP contribution in [-0.4, -0.2) is 37.3 Å². The molecule has 0 bridgehead atoms. The zero-order chi connectivity index (χ0) is 22.5. The Labute approximate surface area is 184 Å². The van der Waals surface area contributed by atoms with Crippen LogP contribution in [0.4, 0.5) is 0 Å². The quantitative estimate of drug-likeness (QED) is 0.415. The smallest absolute Gasteiger partial charge is 0.192 e. The highest BCUT2D eigenvalue weighted by Gasteiger charge is 2.28. The number of pyridine rings is 1. The number of methoxy groups -OCH3 is 1. The van der Waals surface area contributed by atoms with Crippen molar-refractivity contribution in [1.82, 2.24) is 4.57 Å². The van der Waals surface area contributed by atoms with E-state index in [9.17, 15) is 9.59 Å². The molecule has 1 aliphatic heterocycles. The highest BCUT2D eigenvalue weighted by molar-refractivity contribution is 5.94. The summed E-state index contributed by atoms with van der Waals surface area (Å²) in [6.45, 7) is 9.99. The van der Waals surface area contributed by atoms with Crippen LogP contribution >= 0.6 is 0 Å². The fourth-order valence-corrected chi connectivity index (χ4v) is 4.10. The second-order valence-electron chi connectivity index (χ2n) is 8.36. The Hall–Kier alpha value is -2.44. The van der Waals surface area contributed by atoms with Crippen molar-refractivity contribution in [2.75, 3.05) is 26.9 Å². The van der Waals surface area contributed by atoms with Gasteiger partial charge in [-0.1, -0.05) is 13.8 Å². The molecule has 1 atom stereocenters. The van der Waals surface area contributed by atoms with Crippen molar-refractivity contribution in [2.45, 2.75) is 53.2 Å². The molecule has 0 fully saturated rings. The maximum Gasteiger partial charge on any atom is 0.192 e. The van der Waals surface area contributed by atoms with E-state index < -0.39 is 0 Å². The number of carbonyl (C=O) groups is 1. The van der Waals surface area contributed by atoms with Crippen molar-refractivity contribution in [1.29, 1.82) is 0 Å². The van der Waals surface area contributed by atoms with Crippen molar-refractivity contribution in [3.63, 3.8) is 0 Å². The number of ketones is 1. The van der Waals surface area contributed by atoms with Gasteiger partial charge < -0.3 is 18.8 Å². The fraction of sp³-hybridized carbons (Fsp3) is 0.520. The van der Waals surface area contributed by atoms with Gasteiger partial charge in [-0.3, -0.25) is 9.59 Å². The summed E-state index contributed by atoms with van der Waals surface area (Å²) in [5.41, 5.74) is 3.96. The summed E-state index contributed by atoms with van der Waals surface area (Å²) in [5.74, 6) is 0.954. The lowest BCUT2D eigenvalue weighted by molar-refractivity contribution is 0.101. The molecule has 0 aliphatic carbocycles. The van der Waals surface area contributed by atoms with E-state index in [-0.39, 0.29) is 22.8 Å². The van der Waals surface area contributed by atoms with Crippen molar-refractivity contribution in [3.8, 4) is 17.0 Å². The molecule has 0 unspecified atom stereocenters. The topological polar surface area (TPSA) is 66.8 Å². The first-order chi connectivity index (χ1) is 14.9. The summed E-state index contributed by atoms with van der Waals surface area (Å²) in [6.07, 6.45) is 3.36. The third-order valence-corrected chi connectivity index (χ3v) is 5.79. The Kier molecular flexibility index (Phi) is 7.68. The molecule has 2 heterocycles. The van der Waals surface area contributed by atoms with E-state index in [0.717, 1.165) is 41.0 Å². The molecule has 1 aromatic carbocycles. The lowest BCUT2D eigenvalue weighted by atomic mass is 9.86. The van der Waals surface area contributed by atoms with Crippen LogP contribution in [0.3, 0.4) is 0 Å². The first-order valence-corrected chi connectivity index (χ1v) is 11.0. The molecule has 1 aliphatic rings. The zero-order valence-electron chi connectivity index (χ0n) is 19.2. The minimum atomic E-state index is -0.236. The van der Waals surface area contributed by atoms with E-state index in [4.69, 9.17) is 14.2 Å². The fourth-order valence-electron chi connectivity index (χ4n) is 4.10. The second kappa shape index (κ2) is 10.2. The second-order valence-corrected chi connectivity index (χ2v) is 8.36. The van der Waals surface area contributed by atoms with Crippen LogP contribution in [0.25, 0.3) is 11.3 Å². The molecule has 0 saturated heterocycles. The molecule has 0 saturated carbocycles. The predicted octanol–water partition coefficient (Wildman–Crippen LogP) is 4.42. The number of ether oxygens (including phenoxy) is 3. The van der Waals surface area contributed by atoms with Crippen molar-refractivity contribution < 1.29 is 19.0 Å². The van der Waals surface area contributed by atoms with E-state index in [1.54, 1.807) is 19.4 Å². The number of hydrogen-bond donors (Lipinski definition) is 0. The molecule has 2 aromatic rings. The monoisotopic (exact) mass is 427 g/mol. The minimum absolute atomic E-state index is 0.153. The summed E-state index contributed by atoms with van der Waals surface area (Å²) in [7, 11) is 1.68. The van der Waals surface area contributed by atoms with E-state index >= 15 is 0 Å². The van der Waals surface area contributed by atoms with Gasteiger partial charge in [-0.2, -0.15) is 0 Å². The van der Waals surface area contributed by atoms with Gasteiger partial charge in [0.1, 0.15) is 5.75 Å². The van der Waals surface area contributed by atoms with Crippen LogP contribution < -0.4 is 10.2 Å². The molecular formula is C25H33NO5. The van der Waals surface area contributed by atoms with Crippen LogP contribution in [0.1, 0.15) is 61.6 Å². The maximum absolute atomic E-state index is 12.7. The SMILES string of the molecule is CCOCc1cc2c(cc1OCCCOC)C[C@@H](C(C)C)n1cc(C(C)=O)c(=O)cc1-2. The van der Waals surface area contributed by atoms with Crippen molar-refractivity contribution >= 4 is 5.78 Å². The number of aromatic nitrogens is 1. The van der Waals surface area contributed by atoms with Gasteiger partial charge >= 0.3 is 0 Å². The predicted molar refractivity (Wildman–Crippen MR) is 121 cm³/mol. The van der Waals surface area contributed by atoms with Gasteiger partial charge in [-0.15, -0.1) is 0 Å². The van der Waals surface area contributed by atoms with Crippen LogP contribution in [0.15, 0.2) is 29.2 Å². The number of nitrogens with zero attached hydrogens (tertiary/aromatic N) is 1. The Morgan fingerprint density at radius 2 is 2.00 bits per heavy atom. The van der Waals surface area contributed by atoms with Gasteiger partial charge in [0.25, 0.3) is 0 Å². The van der Waals surface area contributed by atoms with E-state index in [1.807, 2.05) is 6.92 Å². The number of benzene rings is 1. The molecule has 6 nitrogen and oxygen atoms in total. The molecule has 3 rings (SSSR count). The van der Waals surface area contributed by atoms with Gasteiger partial charge in [-0.25, -0.2) is 0 Å². The van der Waals surface area contributed by atoms with Crippen LogP contribution in [0.5, 0.6) is 5.75 Å². The largest absolute Gasteiger partial charge is 0.493 e. The highest BCUT2D eigenvalue weighted by Crippen LogP contribution is 2.40. The Bertz CT molecular complexity index is 992. The third kappa shape index (κ3) is 5.08. The van der Waals surface area contributed by atoms with E-state index in [0.29, 0.717) is 32.3 Å². The average Bonchev–Trinajstić information content (AvgIpc) is 2.73. The number of hydrogen-bond acceptors (Lipinski definition) is 5. The summed E-state index contributed by atoms with van der Waals surface area (Å²) >= 11 is 0. The molecule has 0 spiro atoms. The molecule has 168 valence electrons. The van der Waals surface area contributed by atoms with Crippen molar-refractivity contribution in [3.05, 3.63) is 51.3 Å². The molecule has 1 aromatic heterocycles. The minimum Gasteiger partial charge on any atom is -0.493 e. The van der Waals surface area contributed by atoms with Gasteiger partial charge in [0.05, 0.1) is 24.5 Å². The Morgan fingerprint density at radius 3 is 2.65 bits per heavy atom. The first-order valence-electron chi connectivity index (χ1n) is 11.0. The Balaban J connectivity index is 2.11. The van der Waals surface area contributed by atoms with E-state index in [1.165, 1.54) is 6.92 Å². The zero-order valence-corrected chi connectivity index (χ0v) is 19.2. The lowest BCUT2D eigenvalue weighted by Gasteiger charge is -2.34. The van der Waals surface area contributed by atoms with Crippen LogP contribution in [0, 0.1) is 5.92 Å².